The van der Waals surface area contributed by atoms with Crippen LogP contribution in [-0.2, 0) is 35.2 Å². The van der Waals surface area contributed by atoms with Crippen molar-refractivity contribution in [3.05, 3.63) is 35.9 Å². The Hall–Kier alpha value is -2.41. The Morgan fingerprint density at radius 1 is 0.565 bits per heavy atom. The first kappa shape index (κ1) is 41.6. The average Bonchev–Trinajstić information content (AvgIpc) is 3.07. The lowest BCUT2D eigenvalue weighted by molar-refractivity contribution is -0.182. The van der Waals surface area contributed by atoms with Gasteiger partial charge in [-0.25, -0.2) is 4.79 Å². The van der Waals surface area contributed by atoms with Crippen LogP contribution in [0.4, 0.5) is 0 Å². The van der Waals surface area contributed by atoms with Gasteiger partial charge in [0.25, 0.3) is 0 Å². The second kappa shape index (κ2) is 30.0. The molecule has 2 atom stereocenters. The van der Waals surface area contributed by atoms with Gasteiger partial charge < -0.3 is 19.9 Å². The smallest absolute Gasteiger partial charge is 0.351 e. The third kappa shape index (κ3) is 23.0. The first-order chi connectivity index (χ1) is 22.5. The topological polar surface area (TPSA) is 105 Å². The number of rotatable bonds is 31. The summed E-state index contributed by atoms with van der Waals surface area (Å²) in [5.41, 5.74) is 6.75. The molecule has 2 N–H and O–H groups in total. The van der Waals surface area contributed by atoms with Gasteiger partial charge in [0.2, 0.25) is 6.10 Å². The Bertz CT molecular complexity index is 876. The number of unbranched alkanes of at least 4 members (excludes halogenated alkanes) is 20. The highest BCUT2D eigenvalue weighted by Gasteiger charge is 2.35. The minimum Gasteiger partial charge on any atom is -0.458 e. The van der Waals surface area contributed by atoms with Crippen LogP contribution in [0.25, 0.3) is 0 Å². The third-order valence-corrected chi connectivity index (χ3v) is 8.54. The predicted molar refractivity (Wildman–Crippen MR) is 187 cm³/mol. The van der Waals surface area contributed by atoms with Gasteiger partial charge in [0.15, 0.2) is 6.10 Å². The first-order valence-corrected chi connectivity index (χ1v) is 18.8. The molecular formula is C39H67NO6. The molecule has 2 unspecified atom stereocenters. The van der Waals surface area contributed by atoms with Gasteiger partial charge >= 0.3 is 17.9 Å². The molecule has 1 rings (SSSR count). The third-order valence-electron chi connectivity index (χ3n) is 8.54. The van der Waals surface area contributed by atoms with Crippen molar-refractivity contribution >= 4 is 17.9 Å². The van der Waals surface area contributed by atoms with E-state index >= 15 is 0 Å². The zero-order chi connectivity index (χ0) is 33.5. The van der Waals surface area contributed by atoms with Gasteiger partial charge in [-0.3, -0.25) is 9.59 Å². The summed E-state index contributed by atoms with van der Waals surface area (Å²) in [6, 6.07) is 9.27. The van der Waals surface area contributed by atoms with E-state index in [-0.39, 0.29) is 26.0 Å². The first-order valence-electron chi connectivity index (χ1n) is 18.8. The molecule has 0 saturated heterocycles. The maximum absolute atomic E-state index is 13.1. The molecule has 0 bridgehead atoms. The molecule has 7 heteroatoms. The summed E-state index contributed by atoms with van der Waals surface area (Å²) in [5, 5.41) is 0. The van der Waals surface area contributed by atoms with E-state index in [9.17, 15) is 14.4 Å². The lowest BCUT2D eigenvalue weighted by Gasteiger charge is -2.24. The van der Waals surface area contributed by atoms with Gasteiger partial charge in [0.05, 0.1) is 0 Å². The number of hydrogen-bond donors (Lipinski definition) is 1. The van der Waals surface area contributed by atoms with Crippen molar-refractivity contribution in [2.75, 3.05) is 6.54 Å². The van der Waals surface area contributed by atoms with Gasteiger partial charge in [-0.05, 0) is 18.4 Å². The van der Waals surface area contributed by atoms with E-state index in [0.717, 1.165) is 31.2 Å². The number of nitrogens with two attached hydrogens (primary N) is 1. The van der Waals surface area contributed by atoms with Crippen molar-refractivity contribution < 1.29 is 28.6 Å². The van der Waals surface area contributed by atoms with Crippen molar-refractivity contribution in [2.45, 2.75) is 187 Å². The fraction of sp³-hybridized carbons (Fsp3) is 0.769. The number of benzene rings is 1. The van der Waals surface area contributed by atoms with Gasteiger partial charge in [0, 0.05) is 19.4 Å². The van der Waals surface area contributed by atoms with Gasteiger partial charge in [-0.1, -0.05) is 173 Å². The number of carbonyl (C=O) groups excluding carboxylic acids is 3. The molecule has 0 aromatic heterocycles. The summed E-state index contributed by atoms with van der Waals surface area (Å²) >= 11 is 0. The number of esters is 3. The maximum Gasteiger partial charge on any atom is 0.351 e. The summed E-state index contributed by atoms with van der Waals surface area (Å²) in [4.78, 5) is 38.6. The fourth-order valence-electron chi connectivity index (χ4n) is 5.62. The summed E-state index contributed by atoms with van der Waals surface area (Å²) in [7, 11) is 0. The Kier molecular flexibility index (Phi) is 27.1. The molecule has 0 fully saturated rings. The van der Waals surface area contributed by atoms with E-state index < -0.39 is 30.1 Å². The van der Waals surface area contributed by atoms with Crippen LogP contribution < -0.4 is 5.73 Å². The maximum atomic E-state index is 13.1. The van der Waals surface area contributed by atoms with Gasteiger partial charge in [0.1, 0.15) is 6.61 Å². The molecule has 0 aliphatic heterocycles. The van der Waals surface area contributed by atoms with Crippen molar-refractivity contribution in [3.63, 3.8) is 0 Å². The minimum absolute atomic E-state index is 0.0241. The zero-order valence-electron chi connectivity index (χ0n) is 29.5. The molecule has 0 radical (unpaired) electrons. The SMILES string of the molecule is CCCCCCCCCCCCCC(=O)OC(CN)C(OC(=O)CCCCCCCCCCCCC)C(=O)OCc1ccccc1. The number of carbonyl (C=O) groups is 3. The van der Waals surface area contributed by atoms with E-state index in [4.69, 9.17) is 19.9 Å². The van der Waals surface area contributed by atoms with Crippen molar-refractivity contribution in [3.8, 4) is 0 Å². The molecule has 0 amide bonds. The molecule has 264 valence electrons. The lowest BCUT2D eigenvalue weighted by atomic mass is 10.1. The summed E-state index contributed by atoms with van der Waals surface area (Å²) < 4.78 is 16.7. The quantitative estimate of drug-likeness (QED) is 0.0487. The second-order valence-corrected chi connectivity index (χ2v) is 12.8. The molecule has 0 aliphatic rings. The summed E-state index contributed by atoms with van der Waals surface area (Å²) in [6.07, 6.45) is 23.9. The molecule has 0 heterocycles. The van der Waals surface area contributed by atoms with E-state index in [1.807, 2.05) is 30.3 Å². The molecule has 46 heavy (non-hydrogen) atoms. The van der Waals surface area contributed by atoms with E-state index in [2.05, 4.69) is 13.8 Å². The van der Waals surface area contributed by atoms with Crippen LogP contribution in [0.2, 0.25) is 0 Å². The van der Waals surface area contributed by atoms with Crippen LogP contribution in [0.5, 0.6) is 0 Å². The second-order valence-electron chi connectivity index (χ2n) is 12.8. The molecule has 0 saturated carbocycles. The Morgan fingerprint density at radius 3 is 1.37 bits per heavy atom. The van der Waals surface area contributed by atoms with Crippen LogP contribution >= 0.6 is 0 Å². The molecule has 0 aliphatic carbocycles. The molecule has 1 aromatic rings. The molecule has 1 aromatic carbocycles. The molecular weight excluding hydrogens is 578 g/mol. The lowest BCUT2D eigenvalue weighted by Crippen LogP contribution is -2.46. The van der Waals surface area contributed by atoms with Crippen LogP contribution in [0, 0.1) is 0 Å². The fourth-order valence-corrected chi connectivity index (χ4v) is 5.62. The zero-order valence-corrected chi connectivity index (χ0v) is 29.5. The van der Waals surface area contributed by atoms with E-state index in [1.54, 1.807) is 0 Å². The van der Waals surface area contributed by atoms with Gasteiger partial charge in [-0.15, -0.1) is 0 Å². The number of ether oxygens (including phenoxy) is 3. The van der Waals surface area contributed by atoms with Crippen LogP contribution in [-0.4, -0.2) is 36.7 Å². The van der Waals surface area contributed by atoms with Crippen molar-refractivity contribution in [1.82, 2.24) is 0 Å². The average molecular weight is 646 g/mol. The summed E-state index contributed by atoms with van der Waals surface area (Å²) in [6.45, 7) is 4.35. The van der Waals surface area contributed by atoms with E-state index in [0.29, 0.717) is 12.8 Å². The summed E-state index contributed by atoms with van der Waals surface area (Å²) in [5.74, 6) is -1.69. The Morgan fingerprint density at radius 2 is 0.957 bits per heavy atom. The van der Waals surface area contributed by atoms with Crippen LogP contribution in [0.3, 0.4) is 0 Å². The highest BCUT2D eigenvalue weighted by molar-refractivity contribution is 5.80. The van der Waals surface area contributed by atoms with Crippen LogP contribution in [0.15, 0.2) is 30.3 Å². The predicted octanol–water partition coefficient (Wildman–Crippen LogP) is 9.91. The van der Waals surface area contributed by atoms with E-state index in [1.165, 1.54) is 103 Å². The van der Waals surface area contributed by atoms with Crippen LogP contribution in [0.1, 0.15) is 174 Å². The Labute approximate surface area is 281 Å². The highest BCUT2D eigenvalue weighted by Crippen LogP contribution is 2.16. The molecule has 0 spiro atoms. The van der Waals surface area contributed by atoms with Crippen molar-refractivity contribution in [2.24, 2.45) is 5.73 Å². The number of hydrogen-bond acceptors (Lipinski definition) is 7. The Balaban J connectivity index is 2.46. The largest absolute Gasteiger partial charge is 0.458 e. The van der Waals surface area contributed by atoms with Gasteiger partial charge in [-0.2, -0.15) is 0 Å². The molecule has 7 nitrogen and oxygen atoms in total. The monoisotopic (exact) mass is 645 g/mol. The highest BCUT2D eigenvalue weighted by atomic mass is 16.6. The normalized spacial score (nSPS) is 12.4. The minimum atomic E-state index is -1.39. The standard InChI is InChI=1S/C39H67NO6/c1-3-5-7-9-11-13-15-17-19-21-26-30-36(41)45-35(32-40)38(39(43)44-33-34-28-24-23-25-29-34)46-37(42)31-27-22-20-18-16-14-12-10-8-6-4-2/h23-25,28-29,35,38H,3-22,26-27,30-33,40H2,1-2H3. The van der Waals surface area contributed by atoms with Crippen molar-refractivity contribution in [1.29, 1.82) is 0 Å².